The van der Waals surface area contributed by atoms with Crippen LogP contribution in [-0.4, -0.2) is 55.7 Å². The maximum atomic E-state index is 13.2. The van der Waals surface area contributed by atoms with Crippen molar-refractivity contribution in [3.63, 3.8) is 0 Å². The first kappa shape index (κ1) is 21.5. The van der Waals surface area contributed by atoms with E-state index in [1.54, 1.807) is 36.9 Å². The molecule has 0 unspecified atom stereocenters. The van der Waals surface area contributed by atoms with Gasteiger partial charge in [0.1, 0.15) is 6.07 Å². The molecular weight excluding hydrogens is 386 g/mol. The van der Waals surface area contributed by atoms with Gasteiger partial charge in [-0.25, -0.2) is 4.79 Å². The Hall–Kier alpha value is -3.18. The van der Waals surface area contributed by atoms with Gasteiger partial charge in [-0.15, -0.1) is 0 Å². The fraction of sp³-hybridized carbons (Fsp3) is 0.455. The quantitative estimate of drug-likeness (QED) is 0.401. The Kier molecular flexibility index (Phi) is 6.85. The summed E-state index contributed by atoms with van der Waals surface area (Å²) in [6.07, 6.45) is 1.33. The van der Waals surface area contributed by atoms with E-state index >= 15 is 0 Å². The molecule has 158 valence electrons. The third-order valence-electron chi connectivity index (χ3n) is 5.31. The molecule has 0 aromatic heterocycles. The number of anilines is 1. The molecular formula is C22H25N3O5. The minimum Gasteiger partial charge on any atom is -0.466 e. The molecule has 30 heavy (non-hydrogen) atoms. The van der Waals surface area contributed by atoms with Crippen molar-refractivity contribution in [2.24, 2.45) is 5.92 Å². The van der Waals surface area contributed by atoms with Crippen molar-refractivity contribution in [3.8, 4) is 6.07 Å². The highest BCUT2D eigenvalue weighted by Crippen LogP contribution is 2.38. The first-order chi connectivity index (χ1) is 14.5. The van der Waals surface area contributed by atoms with E-state index in [1.165, 1.54) is 0 Å². The fourth-order valence-electron chi connectivity index (χ4n) is 3.84. The highest BCUT2D eigenvalue weighted by molar-refractivity contribution is 6.36. The van der Waals surface area contributed by atoms with Crippen LogP contribution >= 0.6 is 0 Å². The van der Waals surface area contributed by atoms with E-state index in [-0.39, 0.29) is 29.6 Å². The molecule has 0 aliphatic carbocycles. The Morgan fingerprint density at radius 2 is 1.80 bits per heavy atom. The zero-order valence-corrected chi connectivity index (χ0v) is 17.2. The number of carbonyl (C=O) groups is 3. The molecule has 8 nitrogen and oxygen atoms in total. The molecule has 3 rings (SSSR count). The van der Waals surface area contributed by atoms with Gasteiger partial charge in [-0.3, -0.25) is 19.4 Å². The molecule has 1 fully saturated rings. The maximum absolute atomic E-state index is 13.2. The molecule has 0 radical (unpaired) electrons. The lowest BCUT2D eigenvalue weighted by Gasteiger charge is -2.33. The van der Waals surface area contributed by atoms with Gasteiger partial charge in [0.15, 0.2) is 5.57 Å². The third-order valence-corrected chi connectivity index (χ3v) is 5.31. The van der Waals surface area contributed by atoms with Crippen molar-refractivity contribution < 1.29 is 23.9 Å². The monoisotopic (exact) mass is 411 g/mol. The number of para-hydroxylation sites is 1. The van der Waals surface area contributed by atoms with E-state index in [0.29, 0.717) is 50.5 Å². The lowest BCUT2D eigenvalue weighted by atomic mass is 9.97. The van der Waals surface area contributed by atoms with Gasteiger partial charge in [0.05, 0.1) is 37.1 Å². The van der Waals surface area contributed by atoms with Crippen molar-refractivity contribution in [1.29, 1.82) is 5.26 Å². The molecule has 2 heterocycles. The number of esters is 2. The zero-order chi connectivity index (χ0) is 21.7. The minimum atomic E-state index is -0.796. The summed E-state index contributed by atoms with van der Waals surface area (Å²) in [5.41, 5.74) is 1.00. The first-order valence-electron chi connectivity index (χ1n) is 10.1. The molecule has 0 bridgehead atoms. The van der Waals surface area contributed by atoms with Crippen molar-refractivity contribution in [2.45, 2.75) is 26.7 Å². The van der Waals surface area contributed by atoms with E-state index in [1.807, 2.05) is 12.1 Å². The van der Waals surface area contributed by atoms with Gasteiger partial charge < -0.3 is 9.47 Å². The van der Waals surface area contributed by atoms with Gasteiger partial charge in [0, 0.05) is 18.7 Å². The number of benzene rings is 1. The highest BCUT2D eigenvalue weighted by Gasteiger charge is 2.38. The number of hydrogen-bond acceptors (Lipinski definition) is 7. The standard InChI is InChI=1S/C22H25N3O5/c1-3-29-21(27)15-9-11-24(12-10-15)14-25-18-8-6-5-7-16(18)19(20(25)26)17(13-23)22(28)30-4-2/h5-8,15H,3-4,9-12,14H2,1-2H3. The summed E-state index contributed by atoms with van der Waals surface area (Å²) < 4.78 is 10.1. The highest BCUT2D eigenvalue weighted by atomic mass is 16.5. The minimum absolute atomic E-state index is 0.0768. The van der Waals surface area contributed by atoms with E-state index < -0.39 is 11.9 Å². The van der Waals surface area contributed by atoms with Gasteiger partial charge in [0.25, 0.3) is 5.91 Å². The van der Waals surface area contributed by atoms with E-state index in [2.05, 4.69) is 4.90 Å². The molecule has 0 atom stereocenters. The lowest BCUT2D eigenvalue weighted by Crippen LogP contribution is -2.44. The normalized spacial score (nSPS) is 18.6. The van der Waals surface area contributed by atoms with Crippen LogP contribution in [0.3, 0.4) is 0 Å². The average Bonchev–Trinajstić information content (AvgIpc) is 3.02. The van der Waals surface area contributed by atoms with Crippen LogP contribution in [0.1, 0.15) is 32.3 Å². The lowest BCUT2D eigenvalue weighted by molar-refractivity contribution is -0.149. The molecule has 1 saturated heterocycles. The average molecular weight is 411 g/mol. The summed E-state index contributed by atoms with van der Waals surface area (Å²) in [5, 5.41) is 9.53. The SMILES string of the molecule is CCOC(=O)C(C#N)=C1C(=O)N(CN2CCC(C(=O)OCC)CC2)c2ccccc21. The fourth-order valence-corrected chi connectivity index (χ4v) is 3.84. The first-order valence-corrected chi connectivity index (χ1v) is 10.1. The topological polar surface area (TPSA) is 99.9 Å². The number of ether oxygens (including phenoxy) is 2. The number of nitriles is 1. The second-order valence-electron chi connectivity index (χ2n) is 7.12. The van der Waals surface area contributed by atoms with Gasteiger partial charge in [-0.1, -0.05) is 18.2 Å². The Balaban J connectivity index is 1.81. The number of hydrogen-bond donors (Lipinski definition) is 0. The van der Waals surface area contributed by atoms with Crippen LogP contribution < -0.4 is 4.90 Å². The van der Waals surface area contributed by atoms with Crippen molar-refractivity contribution in [2.75, 3.05) is 37.9 Å². The Morgan fingerprint density at radius 3 is 2.43 bits per heavy atom. The van der Waals surface area contributed by atoms with Crippen molar-refractivity contribution in [1.82, 2.24) is 4.90 Å². The van der Waals surface area contributed by atoms with Crippen LogP contribution in [0.15, 0.2) is 29.8 Å². The van der Waals surface area contributed by atoms with Gasteiger partial charge in [0.2, 0.25) is 0 Å². The van der Waals surface area contributed by atoms with Crippen molar-refractivity contribution >= 4 is 29.1 Å². The third kappa shape index (κ3) is 4.21. The van der Waals surface area contributed by atoms with Gasteiger partial charge >= 0.3 is 11.9 Å². The Labute approximate surface area is 175 Å². The molecule has 0 spiro atoms. The van der Waals surface area contributed by atoms with Crippen LogP contribution in [0, 0.1) is 17.2 Å². The van der Waals surface area contributed by atoms with Crippen molar-refractivity contribution in [3.05, 3.63) is 35.4 Å². The molecule has 0 saturated carbocycles. The smallest absolute Gasteiger partial charge is 0.349 e. The van der Waals surface area contributed by atoms with Crippen LogP contribution in [-0.2, 0) is 23.9 Å². The van der Waals surface area contributed by atoms with E-state index in [9.17, 15) is 19.6 Å². The second kappa shape index (κ2) is 9.55. The Bertz CT molecular complexity index is 910. The molecule has 2 aliphatic rings. The zero-order valence-electron chi connectivity index (χ0n) is 17.2. The summed E-state index contributed by atoms with van der Waals surface area (Å²) in [6, 6.07) is 8.95. The number of carbonyl (C=O) groups excluding carboxylic acids is 3. The molecule has 1 amide bonds. The molecule has 8 heteroatoms. The number of amides is 1. The molecule has 0 N–H and O–H groups in total. The van der Waals surface area contributed by atoms with E-state index in [4.69, 9.17) is 9.47 Å². The van der Waals surface area contributed by atoms with Crippen LogP contribution in [0.2, 0.25) is 0 Å². The number of likely N-dealkylation sites (tertiary alicyclic amines) is 1. The van der Waals surface area contributed by atoms with Crippen LogP contribution in [0.5, 0.6) is 0 Å². The Morgan fingerprint density at radius 1 is 1.13 bits per heavy atom. The van der Waals surface area contributed by atoms with Crippen LogP contribution in [0.25, 0.3) is 5.57 Å². The summed E-state index contributed by atoms with van der Waals surface area (Å²) >= 11 is 0. The summed E-state index contributed by atoms with van der Waals surface area (Å²) in [7, 11) is 0. The predicted molar refractivity (Wildman–Crippen MR) is 109 cm³/mol. The largest absolute Gasteiger partial charge is 0.466 e. The summed E-state index contributed by atoms with van der Waals surface area (Å²) in [6.45, 7) is 5.54. The van der Waals surface area contributed by atoms with E-state index in [0.717, 1.165) is 0 Å². The number of piperidine rings is 1. The predicted octanol–water partition coefficient (Wildman–Crippen LogP) is 2.11. The number of nitrogens with zero attached hydrogens (tertiary/aromatic N) is 3. The molecule has 1 aromatic carbocycles. The van der Waals surface area contributed by atoms with Gasteiger partial charge in [-0.05, 0) is 32.8 Å². The van der Waals surface area contributed by atoms with Gasteiger partial charge in [-0.2, -0.15) is 5.26 Å². The number of fused-ring (bicyclic) bond motifs is 1. The summed E-state index contributed by atoms with van der Waals surface area (Å²) in [4.78, 5) is 41.1. The molecule has 2 aliphatic heterocycles. The van der Waals surface area contributed by atoms with Crippen LogP contribution in [0.4, 0.5) is 5.69 Å². The summed E-state index contributed by atoms with van der Waals surface area (Å²) in [5.74, 6) is -1.48. The molecule has 1 aromatic rings. The maximum Gasteiger partial charge on any atom is 0.349 e. The number of rotatable bonds is 6. The second-order valence-corrected chi connectivity index (χ2v) is 7.12.